The summed E-state index contributed by atoms with van der Waals surface area (Å²) < 4.78 is 7.86. The maximum Gasteiger partial charge on any atom is 0.242 e. The van der Waals surface area contributed by atoms with Gasteiger partial charge in [0.05, 0.1) is 28.8 Å². The highest BCUT2D eigenvalue weighted by Crippen LogP contribution is 2.48. The van der Waals surface area contributed by atoms with E-state index in [1.54, 1.807) is 40.9 Å². The number of anilines is 2. The molecule has 6 rings (SSSR count). The second-order valence-electron chi connectivity index (χ2n) is 8.55. The number of thioether (sulfide) groups is 1. The molecule has 0 saturated carbocycles. The van der Waals surface area contributed by atoms with Crippen molar-refractivity contribution in [2.45, 2.75) is 21.6 Å². The van der Waals surface area contributed by atoms with Crippen LogP contribution in [0.25, 0.3) is 5.69 Å². The molecule has 0 saturated heterocycles. The lowest BCUT2D eigenvalue weighted by Gasteiger charge is -2.30. The van der Waals surface area contributed by atoms with Crippen molar-refractivity contribution in [1.29, 1.82) is 5.26 Å². The van der Waals surface area contributed by atoms with Crippen LogP contribution in [0.2, 0.25) is 0 Å². The lowest BCUT2D eigenvalue weighted by atomic mass is 10.2. The number of ether oxygens (including phenoxy) is 1. The van der Waals surface area contributed by atoms with Crippen LogP contribution in [0.5, 0.6) is 5.75 Å². The molecule has 2 heterocycles. The first-order chi connectivity index (χ1) is 19.2. The number of para-hydroxylation sites is 3. The Balaban J connectivity index is 1.26. The van der Waals surface area contributed by atoms with Gasteiger partial charge in [-0.25, -0.2) is 0 Å². The van der Waals surface area contributed by atoms with Gasteiger partial charge >= 0.3 is 0 Å². The van der Waals surface area contributed by atoms with Gasteiger partial charge in [0.1, 0.15) is 12.4 Å². The Labute approximate surface area is 234 Å². The number of hydrogen-bond donors (Lipinski definition) is 0. The maximum absolute atomic E-state index is 13.7. The molecule has 1 aliphatic rings. The van der Waals surface area contributed by atoms with E-state index in [1.165, 1.54) is 11.8 Å². The van der Waals surface area contributed by atoms with Crippen LogP contribution >= 0.6 is 23.5 Å². The van der Waals surface area contributed by atoms with Crippen LogP contribution in [0.1, 0.15) is 11.4 Å². The number of nitrogens with zero attached hydrogens (tertiary/aromatic N) is 5. The molecule has 9 heteroatoms. The standard InChI is InChI=1S/C30H21N5O2S2/c31-18-21-14-16-23(17-15-21)37-19-28-32-33-30(34(28)22-8-2-1-3-9-22)38-20-29(36)35-24-10-4-6-12-26(24)39-27-13-7-5-11-25(27)35/h1-17H,19-20H2. The Kier molecular flexibility index (Phi) is 7.04. The van der Waals surface area contributed by atoms with Gasteiger partial charge in [0.2, 0.25) is 5.91 Å². The predicted molar refractivity (Wildman–Crippen MR) is 152 cm³/mol. The number of amides is 1. The molecule has 0 N–H and O–H groups in total. The van der Waals surface area contributed by atoms with Gasteiger partial charge in [-0.15, -0.1) is 10.2 Å². The molecule has 4 aromatic carbocycles. The largest absolute Gasteiger partial charge is 0.486 e. The van der Waals surface area contributed by atoms with E-state index in [1.807, 2.05) is 83.4 Å². The van der Waals surface area contributed by atoms with Crippen LogP contribution in [-0.2, 0) is 11.4 Å². The monoisotopic (exact) mass is 547 g/mol. The van der Waals surface area contributed by atoms with Gasteiger partial charge in [0.15, 0.2) is 11.0 Å². The number of hydrogen-bond acceptors (Lipinski definition) is 7. The summed E-state index contributed by atoms with van der Waals surface area (Å²) in [4.78, 5) is 17.6. The molecule has 39 heavy (non-hydrogen) atoms. The van der Waals surface area contributed by atoms with Crippen molar-refractivity contribution in [1.82, 2.24) is 14.8 Å². The van der Waals surface area contributed by atoms with E-state index < -0.39 is 0 Å². The molecule has 0 fully saturated rings. The molecule has 0 unspecified atom stereocenters. The summed E-state index contributed by atoms with van der Waals surface area (Å²) in [6, 6.07) is 34.7. The number of benzene rings is 4. The zero-order valence-corrected chi connectivity index (χ0v) is 22.2. The molecule has 0 spiro atoms. The molecule has 7 nitrogen and oxygen atoms in total. The highest BCUT2D eigenvalue weighted by atomic mass is 32.2. The molecule has 0 aliphatic carbocycles. The van der Waals surface area contributed by atoms with Gasteiger partial charge in [-0.05, 0) is 60.7 Å². The number of rotatable bonds is 7. The summed E-state index contributed by atoms with van der Waals surface area (Å²) in [6.07, 6.45) is 0. The molecule has 190 valence electrons. The Bertz CT molecular complexity index is 1630. The average molecular weight is 548 g/mol. The van der Waals surface area contributed by atoms with Crippen molar-refractivity contribution in [3.05, 3.63) is 115 Å². The highest BCUT2D eigenvalue weighted by Gasteiger charge is 2.28. The topological polar surface area (TPSA) is 84.0 Å². The zero-order chi connectivity index (χ0) is 26.6. The summed E-state index contributed by atoms with van der Waals surface area (Å²) in [6.45, 7) is 0.173. The quantitative estimate of drug-likeness (QED) is 0.211. The van der Waals surface area contributed by atoms with Crippen molar-refractivity contribution >= 4 is 40.8 Å². The summed E-state index contributed by atoms with van der Waals surface area (Å²) in [5.41, 5.74) is 3.21. The van der Waals surface area contributed by atoms with E-state index in [-0.39, 0.29) is 18.3 Å². The molecule has 1 aromatic heterocycles. The molecular weight excluding hydrogens is 526 g/mol. The Morgan fingerprint density at radius 1 is 0.846 bits per heavy atom. The van der Waals surface area contributed by atoms with Crippen LogP contribution in [0.4, 0.5) is 11.4 Å². The third-order valence-corrected chi connectivity index (χ3v) is 8.12. The normalized spacial score (nSPS) is 11.8. The van der Waals surface area contributed by atoms with E-state index >= 15 is 0 Å². The summed E-state index contributed by atoms with van der Waals surface area (Å²) >= 11 is 3.01. The fraction of sp³-hybridized carbons (Fsp3) is 0.0667. The van der Waals surface area contributed by atoms with Crippen molar-refractivity contribution in [3.8, 4) is 17.5 Å². The molecule has 1 aliphatic heterocycles. The highest BCUT2D eigenvalue weighted by molar-refractivity contribution is 8.00. The van der Waals surface area contributed by atoms with E-state index in [0.717, 1.165) is 26.9 Å². The summed E-state index contributed by atoms with van der Waals surface area (Å²) in [5.74, 6) is 1.36. The third kappa shape index (κ3) is 5.12. The number of carbonyl (C=O) groups is 1. The molecule has 1 amide bonds. The number of aromatic nitrogens is 3. The fourth-order valence-electron chi connectivity index (χ4n) is 4.26. The molecule has 0 bridgehead atoms. The van der Waals surface area contributed by atoms with Gasteiger partial charge in [0.25, 0.3) is 0 Å². The third-order valence-electron chi connectivity index (χ3n) is 6.07. The minimum atomic E-state index is -0.0433. The van der Waals surface area contributed by atoms with E-state index in [2.05, 4.69) is 16.3 Å². The van der Waals surface area contributed by atoms with Crippen molar-refractivity contribution < 1.29 is 9.53 Å². The maximum atomic E-state index is 13.7. The van der Waals surface area contributed by atoms with E-state index in [0.29, 0.717) is 22.3 Å². The molecule has 0 radical (unpaired) electrons. The molecular formula is C30H21N5O2S2. The summed E-state index contributed by atoms with van der Waals surface area (Å²) in [5, 5.41) is 18.4. The SMILES string of the molecule is N#Cc1ccc(OCc2nnc(SCC(=O)N3c4ccccc4Sc4ccccc43)n2-c2ccccc2)cc1. The zero-order valence-electron chi connectivity index (χ0n) is 20.6. The summed E-state index contributed by atoms with van der Waals surface area (Å²) in [7, 11) is 0. The first-order valence-electron chi connectivity index (χ1n) is 12.2. The van der Waals surface area contributed by atoms with Crippen molar-refractivity contribution in [2.75, 3.05) is 10.7 Å². The molecule has 5 aromatic rings. The van der Waals surface area contributed by atoms with E-state index in [9.17, 15) is 4.79 Å². The van der Waals surface area contributed by atoms with Gasteiger partial charge < -0.3 is 4.74 Å². The van der Waals surface area contributed by atoms with Gasteiger partial charge in [-0.2, -0.15) is 5.26 Å². The second kappa shape index (κ2) is 11.1. The van der Waals surface area contributed by atoms with Crippen LogP contribution in [0.3, 0.4) is 0 Å². The number of fused-ring (bicyclic) bond motifs is 2. The van der Waals surface area contributed by atoms with Gasteiger partial charge in [-0.3, -0.25) is 14.3 Å². The Morgan fingerprint density at radius 3 is 2.15 bits per heavy atom. The average Bonchev–Trinajstić information content (AvgIpc) is 3.41. The van der Waals surface area contributed by atoms with Crippen LogP contribution in [0, 0.1) is 11.3 Å². The lowest BCUT2D eigenvalue weighted by Crippen LogP contribution is -2.30. The number of nitriles is 1. The van der Waals surface area contributed by atoms with Crippen molar-refractivity contribution in [3.63, 3.8) is 0 Å². The van der Waals surface area contributed by atoms with Crippen LogP contribution in [-0.4, -0.2) is 26.4 Å². The minimum Gasteiger partial charge on any atom is -0.486 e. The first kappa shape index (κ1) is 24.8. The van der Waals surface area contributed by atoms with Crippen molar-refractivity contribution in [2.24, 2.45) is 0 Å². The minimum absolute atomic E-state index is 0.0433. The Morgan fingerprint density at radius 2 is 1.49 bits per heavy atom. The molecule has 0 atom stereocenters. The Hall–Kier alpha value is -4.52. The lowest BCUT2D eigenvalue weighted by molar-refractivity contribution is -0.115. The fourth-order valence-corrected chi connectivity index (χ4v) is 6.14. The van der Waals surface area contributed by atoms with E-state index in [4.69, 9.17) is 10.00 Å². The van der Waals surface area contributed by atoms with Crippen LogP contribution in [0.15, 0.2) is 118 Å². The smallest absolute Gasteiger partial charge is 0.242 e. The number of carbonyl (C=O) groups excluding carboxylic acids is 1. The second-order valence-corrected chi connectivity index (χ2v) is 10.6. The first-order valence-corrected chi connectivity index (χ1v) is 14.0. The van der Waals surface area contributed by atoms with Gasteiger partial charge in [0, 0.05) is 15.5 Å². The van der Waals surface area contributed by atoms with Gasteiger partial charge in [-0.1, -0.05) is 66.0 Å². The van der Waals surface area contributed by atoms with Crippen LogP contribution < -0.4 is 9.64 Å². The predicted octanol–water partition coefficient (Wildman–Crippen LogP) is 6.64.